The molecule has 132 valence electrons. The zero-order valence-electron chi connectivity index (χ0n) is 14.5. The first-order valence-corrected chi connectivity index (χ1v) is 8.42. The first-order chi connectivity index (χ1) is 12.7. The van der Waals surface area contributed by atoms with E-state index < -0.39 is 0 Å². The van der Waals surface area contributed by atoms with Crippen LogP contribution in [0.4, 0.5) is 0 Å². The van der Waals surface area contributed by atoms with Gasteiger partial charge in [0.2, 0.25) is 0 Å². The normalized spacial score (nSPS) is 11.0. The van der Waals surface area contributed by atoms with E-state index in [1.807, 2.05) is 61.5 Å². The van der Waals surface area contributed by atoms with Crippen molar-refractivity contribution in [2.75, 3.05) is 6.61 Å². The van der Waals surface area contributed by atoms with E-state index in [0.717, 1.165) is 22.8 Å². The van der Waals surface area contributed by atoms with Crippen LogP contribution >= 0.6 is 0 Å². The smallest absolute Gasteiger partial charge is 0.277 e. The third kappa shape index (κ3) is 4.00. The summed E-state index contributed by atoms with van der Waals surface area (Å²) in [6.07, 6.45) is 2.27. The molecule has 5 nitrogen and oxygen atoms in total. The first-order valence-electron chi connectivity index (χ1n) is 8.42. The summed E-state index contributed by atoms with van der Waals surface area (Å²) < 4.78 is 5.55. The van der Waals surface area contributed by atoms with Crippen LogP contribution in [0.5, 0.6) is 11.5 Å². The molecule has 0 bridgehead atoms. The van der Waals surface area contributed by atoms with Crippen molar-refractivity contribution in [2.45, 2.75) is 13.3 Å². The Balaban J connectivity index is 1.64. The highest BCUT2D eigenvalue weighted by atomic mass is 16.5. The minimum absolute atomic E-state index is 0.106. The monoisotopic (exact) mass is 348 g/mol. The highest BCUT2D eigenvalue weighted by Crippen LogP contribution is 2.25. The van der Waals surface area contributed by atoms with Crippen LogP contribution in [0.25, 0.3) is 10.8 Å². The van der Waals surface area contributed by atoms with Gasteiger partial charge in [0.05, 0.1) is 6.21 Å². The van der Waals surface area contributed by atoms with Crippen molar-refractivity contribution in [3.63, 3.8) is 0 Å². The molecule has 1 amide bonds. The molecule has 0 heterocycles. The van der Waals surface area contributed by atoms with E-state index in [2.05, 4.69) is 10.5 Å². The van der Waals surface area contributed by atoms with Gasteiger partial charge < -0.3 is 9.84 Å². The lowest BCUT2D eigenvalue weighted by atomic mass is 10.0. The molecular weight excluding hydrogens is 328 g/mol. The van der Waals surface area contributed by atoms with Gasteiger partial charge in [-0.3, -0.25) is 4.79 Å². The number of hydrazone groups is 1. The number of phenols is 1. The lowest BCUT2D eigenvalue weighted by Crippen LogP contribution is -2.24. The number of hydrogen-bond acceptors (Lipinski definition) is 4. The van der Waals surface area contributed by atoms with Gasteiger partial charge in [0.25, 0.3) is 5.91 Å². The van der Waals surface area contributed by atoms with Crippen LogP contribution in [0.3, 0.4) is 0 Å². The van der Waals surface area contributed by atoms with Gasteiger partial charge in [-0.15, -0.1) is 0 Å². The lowest BCUT2D eigenvalue weighted by molar-refractivity contribution is -0.123. The number of ether oxygens (including phenoxy) is 1. The third-order valence-electron chi connectivity index (χ3n) is 4.04. The second kappa shape index (κ2) is 8.16. The lowest BCUT2D eigenvalue weighted by Gasteiger charge is -2.09. The van der Waals surface area contributed by atoms with E-state index in [0.29, 0.717) is 11.3 Å². The van der Waals surface area contributed by atoms with Crippen LogP contribution in [0, 0.1) is 0 Å². The maximum atomic E-state index is 11.9. The summed E-state index contributed by atoms with van der Waals surface area (Å²) in [5.41, 5.74) is 4.03. The summed E-state index contributed by atoms with van der Waals surface area (Å²) in [6, 6.07) is 18.7. The summed E-state index contributed by atoms with van der Waals surface area (Å²) in [5.74, 6) is 0.433. The van der Waals surface area contributed by atoms with Gasteiger partial charge in [-0.2, -0.15) is 5.10 Å². The number of nitrogens with zero attached hydrogens (tertiary/aromatic N) is 1. The molecule has 2 N–H and O–H groups in total. The summed E-state index contributed by atoms with van der Waals surface area (Å²) in [7, 11) is 0. The number of amides is 1. The fourth-order valence-electron chi connectivity index (χ4n) is 2.70. The minimum Gasteiger partial charge on any atom is -0.507 e. The molecule has 0 fully saturated rings. The van der Waals surface area contributed by atoms with Crippen molar-refractivity contribution < 1.29 is 14.6 Å². The highest BCUT2D eigenvalue weighted by molar-refractivity contribution is 6.02. The standard InChI is InChI=1S/C21H20N2O3/c1-2-15-7-4-6-10-20(15)26-14-21(25)23-22-13-18-17-9-5-3-8-16(17)11-12-19(18)24/h3-13,24H,2,14H2,1H3,(H,23,25)/b22-13+. The number of hydrogen-bond donors (Lipinski definition) is 2. The molecule has 0 aliphatic heterocycles. The van der Waals surface area contributed by atoms with Gasteiger partial charge in [0.1, 0.15) is 11.5 Å². The average molecular weight is 348 g/mol. The van der Waals surface area contributed by atoms with Gasteiger partial charge >= 0.3 is 0 Å². The zero-order chi connectivity index (χ0) is 18.4. The van der Waals surface area contributed by atoms with Crippen LogP contribution in [0.1, 0.15) is 18.1 Å². The Morgan fingerprint density at radius 3 is 2.73 bits per heavy atom. The molecule has 26 heavy (non-hydrogen) atoms. The maximum absolute atomic E-state index is 11.9. The van der Waals surface area contributed by atoms with Crippen LogP contribution in [0.15, 0.2) is 65.8 Å². The molecule has 0 radical (unpaired) electrons. The third-order valence-corrected chi connectivity index (χ3v) is 4.04. The van der Waals surface area contributed by atoms with E-state index >= 15 is 0 Å². The molecule has 0 atom stereocenters. The second-order valence-corrected chi connectivity index (χ2v) is 5.76. The predicted octanol–water partition coefficient (Wildman–Crippen LogP) is 3.64. The van der Waals surface area contributed by atoms with Gasteiger partial charge in [0.15, 0.2) is 6.61 Å². The number of benzene rings is 3. The van der Waals surface area contributed by atoms with Crippen LogP contribution in [-0.2, 0) is 11.2 Å². The van der Waals surface area contributed by atoms with E-state index in [9.17, 15) is 9.90 Å². The largest absolute Gasteiger partial charge is 0.507 e. The Bertz CT molecular complexity index is 951. The Hall–Kier alpha value is -3.34. The molecule has 0 spiro atoms. The summed E-state index contributed by atoms with van der Waals surface area (Å²) in [4.78, 5) is 11.9. The zero-order valence-corrected chi connectivity index (χ0v) is 14.5. The number of carbonyl (C=O) groups is 1. The van der Waals surface area contributed by atoms with Crippen molar-refractivity contribution in [3.05, 3.63) is 71.8 Å². The Morgan fingerprint density at radius 1 is 1.12 bits per heavy atom. The molecule has 3 aromatic rings. The van der Waals surface area contributed by atoms with E-state index in [-0.39, 0.29) is 18.3 Å². The Kier molecular flexibility index (Phi) is 5.49. The Morgan fingerprint density at radius 2 is 1.88 bits per heavy atom. The van der Waals surface area contributed by atoms with Crippen molar-refractivity contribution in [1.29, 1.82) is 0 Å². The number of para-hydroxylation sites is 1. The fourth-order valence-corrected chi connectivity index (χ4v) is 2.70. The van der Waals surface area contributed by atoms with Gasteiger partial charge in [0, 0.05) is 5.56 Å². The average Bonchev–Trinajstić information content (AvgIpc) is 2.68. The van der Waals surface area contributed by atoms with Crippen molar-refractivity contribution in [1.82, 2.24) is 5.43 Å². The van der Waals surface area contributed by atoms with Gasteiger partial charge in [-0.25, -0.2) is 5.43 Å². The number of rotatable bonds is 6. The van der Waals surface area contributed by atoms with Crippen molar-refractivity contribution in [3.8, 4) is 11.5 Å². The molecule has 3 rings (SSSR count). The van der Waals surface area contributed by atoms with Crippen molar-refractivity contribution in [2.24, 2.45) is 5.10 Å². The Labute approximate surface area is 151 Å². The van der Waals surface area contributed by atoms with Crippen LogP contribution < -0.4 is 10.2 Å². The maximum Gasteiger partial charge on any atom is 0.277 e. The molecule has 0 aromatic heterocycles. The summed E-state index contributed by atoms with van der Waals surface area (Å²) in [5, 5.41) is 15.8. The molecule has 3 aromatic carbocycles. The highest BCUT2D eigenvalue weighted by Gasteiger charge is 2.06. The number of aromatic hydroxyl groups is 1. The molecule has 0 unspecified atom stereocenters. The summed E-state index contributed by atoms with van der Waals surface area (Å²) in [6.45, 7) is 1.90. The SMILES string of the molecule is CCc1ccccc1OCC(=O)N/N=C/c1c(O)ccc2ccccc12. The van der Waals surface area contributed by atoms with E-state index in [4.69, 9.17) is 4.74 Å². The van der Waals surface area contributed by atoms with E-state index in [1.165, 1.54) is 6.21 Å². The number of aryl methyl sites for hydroxylation is 1. The fraction of sp³-hybridized carbons (Fsp3) is 0.143. The molecule has 0 aliphatic carbocycles. The van der Waals surface area contributed by atoms with Gasteiger partial charge in [-0.05, 0) is 34.9 Å². The van der Waals surface area contributed by atoms with Crippen LogP contribution in [0.2, 0.25) is 0 Å². The number of carbonyl (C=O) groups excluding carboxylic acids is 1. The first kappa shape index (κ1) is 17.5. The molecule has 0 saturated carbocycles. The number of phenolic OH excluding ortho intramolecular Hbond substituents is 1. The second-order valence-electron chi connectivity index (χ2n) is 5.76. The quantitative estimate of drug-likeness (QED) is 0.528. The molecule has 5 heteroatoms. The topological polar surface area (TPSA) is 70.9 Å². The minimum atomic E-state index is -0.369. The van der Waals surface area contributed by atoms with Crippen molar-refractivity contribution >= 4 is 22.9 Å². The van der Waals surface area contributed by atoms with Crippen LogP contribution in [-0.4, -0.2) is 23.8 Å². The number of nitrogens with one attached hydrogen (secondary N) is 1. The number of fused-ring (bicyclic) bond motifs is 1. The molecule has 0 saturated heterocycles. The summed E-state index contributed by atoms with van der Waals surface area (Å²) >= 11 is 0. The van der Waals surface area contributed by atoms with E-state index in [1.54, 1.807) is 6.07 Å². The predicted molar refractivity (Wildman–Crippen MR) is 103 cm³/mol. The van der Waals surface area contributed by atoms with Gasteiger partial charge in [-0.1, -0.05) is 55.5 Å². The molecular formula is C21H20N2O3. The molecule has 0 aliphatic rings.